The molecule has 0 amide bonds. The molecule has 0 bridgehead atoms. The Morgan fingerprint density at radius 3 is 2.50 bits per heavy atom. The van der Waals surface area contributed by atoms with E-state index in [1.54, 1.807) is 0 Å². The van der Waals surface area contributed by atoms with E-state index in [4.69, 9.17) is 0 Å². The van der Waals surface area contributed by atoms with Crippen LogP contribution in [-0.2, 0) is 0 Å². The lowest BCUT2D eigenvalue weighted by molar-refractivity contribution is 0.813. The predicted octanol–water partition coefficient (Wildman–Crippen LogP) is 0.927. The summed E-state index contributed by atoms with van der Waals surface area (Å²) in [6.07, 6.45) is 0. The fraction of sp³-hybridized carbons (Fsp3) is 1.00. The zero-order valence-corrected chi connectivity index (χ0v) is 5.23. The number of nitrogens with one attached hydrogen (secondary N) is 1. The normalized spacial score (nSPS) is 32.5. The summed E-state index contributed by atoms with van der Waals surface area (Å²) in [5.41, 5.74) is 0. The van der Waals surface area contributed by atoms with Gasteiger partial charge in [-0.1, -0.05) is 21.6 Å². The van der Waals surface area contributed by atoms with E-state index in [1.165, 1.54) is 5.75 Å². The molecule has 0 saturated carbocycles. The first-order valence-corrected chi connectivity index (χ1v) is 4.27. The first-order valence-electron chi connectivity index (χ1n) is 1.89. The van der Waals surface area contributed by atoms with Crippen LogP contribution in [0.25, 0.3) is 0 Å². The van der Waals surface area contributed by atoms with Gasteiger partial charge in [-0.05, 0) is 7.05 Å². The highest BCUT2D eigenvalue weighted by Crippen LogP contribution is 2.37. The summed E-state index contributed by atoms with van der Waals surface area (Å²) in [4.78, 5) is 0. The van der Waals surface area contributed by atoms with Crippen molar-refractivity contribution in [3.8, 4) is 0 Å². The molecule has 1 saturated heterocycles. The molecule has 36 valence electrons. The maximum Gasteiger partial charge on any atom is 0.0734 e. The Morgan fingerprint density at radius 2 is 2.50 bits per heavy atom. The van der Waals surface area contributed by atoms with E-state index >= 15 is 0 Å². The van der Waals surface area contributed by atoms with Crippen LogP contribution >= 0.6 is 21.6 Å². The zero-order chi connectivity index (χ0) is 4.41. The average molecular weight is 121 g/mol. The van der Waals surface area contributed by atoms with E-state index in [9.17, 15) is 0 Å². The quantitative estimate of drug-likeness (QED) is 0.518. The van der Waals surface area contributed by atoms with Gasteiger partial charge in [0.2, 0.25) is 0 Å². The summed E-state index contributed by atoms with van der Waals surface area (Å²) in [6.45, 7) is 0. The summed E-state index contributed by atoms with van der Waals surface area (Å²) in [5, 5.41) is 3.89. The molecule has 1 aliphatic rings. The Kier molecular flexibility index (Phi) is 1.68. The van der Waals surface area contributed by atoms with Gasteiger partial charge < -0.3 is 5.32 Å². The van der Waals surface area contributed by atoms with Gasteiger partial charge in [0.25, 0.3) is 0 Å². The second-order valence-electron chi connectivity index (χ2n) is 1.16. The SMILES string of the molecule is CNC1CSS1. The van der Waals surface area contributed by atoms with Crippen molar-refractivity contribution in [3.05, 3.63) is 0 Å². The van der Waals surface area contributed by atoms with Gasteiger partial charge in [-0.25, -0.2) is 0 Å². The Hall–Kier alpha value is 0.660. The van der Waals surface area contributed by atoms with Crippen LogP contribution in [0, 0.1) is 0 Å². The molecule has 0 radical (unpaired) electrons. The Morgan fingerprint density at radius 1 is 1.83 bits per heavy atom. The predicted molar refractivity (Wildman–Crippen MR) is 32.9 cm³/mol. The van der Waals surface area contributed by atoms with Gasteiger partial charge in [0.05, 0.1) is 5.37 Å². The molecule has 1 nitrogen and oxygen atoms in total. The molecular weight excluding hydrogens is 114 g/mol. The zero-order valence-electron chi connectivity index (χ0n) is 3.60. The minimum atomic E-state index is 0.745. The van der Waals surface area contributed by atoms with Crippen molar-refractivity contribution in [2.24, 2.45) is 0 Å². The molecule has 1 unspecified atom stereocenters. The molecule has 1 fully saturated rings. The van der Waals surface area contributed by atoms with Gasteiger partial charge >= 0.3 is 0 Å². The van der Waals surface area contributed by atoms with E-state index < -0.39 is 0 Å². The van der Waals surface area contributed by atoms with E-state index in [0.29, 0.717) is 0 Å². The molecule has 0 aromatic carbocycles. The molecule has 3 heteroatoms. The molecule has 1 N–H and O–H groups in total. The standard InChI is InChI=1S/C3H7NS2/c1-4-3-2-5-6-3/h3-4H,2H2,1H3. The van der Waals surface area contributed by atoms with Crippen molar-refractivity contribution in [3.63, 3.8) is 0 Å². The van der Waals surface area contributed by atoms with Crippen molar-refractivity contribution < 1.29 is 0 Å². The van der Waals surface area contributed by atoms with Crippen LogP contribution in [-0.4, -0.2) is 18.2 Å². The molecule has 0 aromatic rings. The van der Waals surface area contributed by atoms with Gasteiger partial charge in [-0.3, -0.25) is 0 Å². The topological polar surface area (TPSA) is 12.0 Å². The van der Waals surface area contributed by atoms with E-state index in [1.807, 2.05) is 28.6 Å². The molecule has 0 aliphatic carbocycles. The van der Waals surface area contributed by atoms with Crippen molar-refractivity contribution in [1.82, 2.24) is 5.32 Å². The minimum absolute atomic E-state index is 0.745. The molecule has 6 heavy (non-hydrogen) atoms. The fourth-order valence-corrected chi connectivity index (χ4v) is 1.91. The number of hydrogen-bond donors (Lipinski definition) is 1. The Bertz CT molecular complexity index is 41.3. The molecule has 1 atom stereocenters. The lowest BCUT2D eigenvalue weighted by atomic mass is 10.7. The fourth-order valence-electron chi connectivity index (χ4n) is 0.268. The van der Waals surface area contributed by atoms with Crippen LogP contribution in [0.5, 0.6) is 0 Å². The summed E-state index contributed by atoms with van der Waals surface area (Å²) in [7, 11) is 5.83. The van der Waals surface area contributed by atoms with Crippen molar-refractivity contribution in [1.29, 1.82) is 0 Å². The molecule has 0 spiro atoms. The second kappa shape index (κ2) is 2.09. The summed E-state index contributed by atoms with van der Waals surface area (Å²) in [6, 6.07) is 0. The highest BCUT2D eigenvalue weighted by atomic mass is 33.1. The monoisotopic (exact) mass is 121 g/mol. The molecule has 0 aromatic heterocycles. The first kappa shape index (κ1) is 4.81. The third-order valence-electron chi connectivity index (χ3n) is 0.726. The molecule has 1 aliphatic heterocycles. The van der Waals surface area contributed by atoms with Crippen molar-refractivity contribution >= 4 is 21.6 Å². The van der Waals surface area contributed by atoms with Crippen LogP contribution in [0.1, 0.15) is 0 Å². The molecule has 1 heterocycles. The largest absolute Gasteiger partial charge is 0.307 e. The van der Waals surface area contributed by atoms with Crippen molar-refractivity contribution in [2.45, 2.75) is 5.37 Å². The van der Waals surface area contributed by atoms with Crippen LogP contribution in [0.15, 0.2) is 0 Å². The lowest BCUT2D eigenvalue weighted by Gasteiger charge is -2.21. The summed E-state index contributed by atoms with van der Waals surface area (Å²) < 4.78 is 0. The molecular formula is C3H7NS2. The van der Waals surface area contributed by atoms with Gasteiger partial charge in [-0.2, -0.15) is 0 Å². The highest BCUT2D eigenvalue weighted by Gasteiger charge is 2.15. The van der Waals surface area contributed by atoms with Crippen LogP contribution < -0.4 is 5.32 Å². The van der Waals surface area contributed by atoms with Crippen LogP contribution in [0.4, 0.5) is 0 Å². The van der Waals surface area contributed by atoms with E-state index in [-0.39, 0.29) is 0 Å². The van der Waals surface area contributed by atoms with Crippen LogP contribution in [0.3, 0.4) is 0 Å². The Labute approximate surface area is 45.7 Å². The average Bonchev–Trinajstić information content (AvgIpc) is 1.31. The first-order chi connectivity index (χ1) is 2.93. The smallest absolute Gasteiger partial charge is 0.0734 e. The Balaban J connectivity index is 2.01. The minimum Gasteiger partial charge on any atom is -0.307 e. The van der Waals surface area contributed by atoms with Gasteiger partial charge in [0.1, 0.15) is 0 Å². The third kappa shape index (κ3) is 0.832. The highest BCUT2D eigenvalue weighted by molar-refractivity contribution is 8.79. The number of rotatable bonds is 1. The third-order valence-corrected chi connectivity index (χ3v) is 3.69. The van der Waals surface area contributed by atoms with Gasteiger partial charge in [0, 0.05) is 5.75 Å². The summed E-state index contributed by atoms with van der Waals surface area (Å²) in [5.74, 6) is 1.28. The van der Waals surface area contributed by atoms with Crippen molar-refractivity contribution in [2.75, 3.05) is 12.8 Å². The van der Waals surface area contributed by atoms with E-state index in [2.05, 4.69) is 5.32 Å². The van der Waals surface area contributed by atoms with Gasteiger partial charge in [-0.15, -0.1) is 0 Å². The van der Waals surface area contributed by atoms with E-state index in [0.717, 1.165) is 5.37 Å². The van der Waals surface area contributed by atoms with Gasteiger partial charge in [0.15, 0.2) is 0 Å². The summed E-state index contributed by atoms with van der Waals surface area (Å²) >= 11 is 0. The maximum absolute atomic E-state index is 3.14. The lowest BCUT2D eigenvalue weighted by Crippen LogP contribution is -2.27. The number of hydrogen-bond acceptors (Lipinski definition) is 3. The van der Waals surface area contributed by atoms with Crippen LogP contribution in [0.2, 0.25) is 0 Å². The molecule has 1 rings (SSSR count). The maximum atomic E-state index is 3.14. The second-order valence-corrected chi connectivity index (χ2v) is 3.77.